The van der Waals surface area contributed by atoms with E-state index in [1.807, 2.05) is 0 Å². The number of anilines is 1. The molecule has 0 fully saturated rings. The molecule has 2 rings (SSSR count). The molecule has 0 unspecified atom stereocenters. The van der Waals surface area contributed by atoms with Gasteiger partial charge in [0.2, 0.25) is 5.89 Å². The molecule has 1 amide bonds. The fourth-order valence-electron chi connectivity index (χ4n) is 1.67. The normalized spacial score (nSPS) is 11.4. The van der Waals surface area contributed by atoms with Crippen molar-refractivity contribution in [3.05, 3.63) is 41.0 Å². The number of para-hydroxylation sites is 1. The molecule has 0 radical (unpaired) electrons. The van der Waals surface area contributed by atoms with Crippen LogP contribution in [0.15, 0.2) is 22.7 Å². The number of nitrogen functional groups attached to an aromatic ring is 1. The van der Waals surface area contributed by atoms with Crippen LogP contribution in [0.25, 0.3) is 0 Å². The molecule has 0 aliphatic carbocycles. The number of nitrogens with zero attached hydrogens (tertiary/aromatic N) is 2. The zero-order valence-electron chi connectivity index (χ0n) is 10.9. The number of carbonyl (C=O) groups excluding carboxylic acids is 1. The van der Waals surface area contributed by atoms with Crippen LogP contribution in [0.4, 0.5) is 18.9 Å². The van der Waals surface area contributed by atoms with Crippen molar-refractivity contribution in [2.45, 2.75) is 19.6 Å². The first kappa shape index (κ1) is 14.8. The number of hydrogen-bond acceptors (Lipinski definition) is 5. The van der Waals surface area contributed by atoms with Gasteiger partial charge >= 0.3 is 6.18 Å². The summed E-state index contributed by atoms with van der Waals surface area (Å²) in [7, 11) is 0. The minimum atomic E-state index is -4.62. The quantitative estimate of drug-likeness (QED) is 0.844. The molecule has 1 heterocycles. The molecule has 3 N–H and O–H groups in total. The molecule has 6 nitrogen and oxygen atoms in total. The van der Waals surface area contributed by atoms with Gasteiger partial charge in [0.1, 0.15) is 0 Å². The van der Waals surface area contributed by atoms with Crippen LogP contribution >= 0.6 is 0 Å². The molecule has 9 heteroatoms. The highest BCUT2D eigenvalue weighted by Gasteiger charge is 2.34. The molecule has 0 atom stereocenters. The third kappa shape index (κ3) is 3.30. The Morgan fingerprint density at radius 2 is 2.14 bits per heavy atom. The van der Waals surface area contributed by atoms with E-state index >= 15 is 0 Å². The van der Waals surface area contributed by atoms with E-state index in [9.17, 15) is 18.0 Å². The molecule has 1 aromatic heterocycles. The van der Waals surface area contributed by atoms with Crippen molar-refractivity contribution >= 4 is 11.6 Å². The average Bonchev–Trinajstić information content (AvgIpc) is 2.80. The van der Waals surface area contributed by atoms with Gasteiger partial charge in [0.15, 0.2) is 5.82 Å². The highest BCUT2D eigenvalue weighted by Crippen LogP contribution is 2.34. The number of hydrogen-bond donors (Lipinski definition) is 2. The summed E-state index contributed by atoms with van der Waals surface area (Å²) in [6.45, 7) is 1.50. The number of nitrogens with one attached hydrogen (secondary N) is 1. The van der Waals surface area contributed by atoms with E-state index in [1.165, 1.54) is 6.07 Å². The lowest BCUT2D eigenvalue weighted by atomic mass is 10.1. The summed E-state index contributed by atoms with van der Waals surface area (Å²) in [6.07, 6.45) is -4.62. The van der Waals surface area contributed by atoms with Gasteiger partial charge in [-0.3, -0.25) is 4.79 Å². The molecular weight excluding hydrogens is 289 g/mol. The second kappa shape index (κ2) is 5.43. The molecule has 0 aliphatic rings. The minimum Gasteiger partial charge on any atom is -0.398 e. The van der Waals surface area contributed by atoms with Crippen LogP contribution in [0.5, 0.6) is 0 Å². The molecule has 2 aromatic rings. The van der Waals surface area contributed by atoms with Crippen molar-refractivity contribution in [2.24, 2.45) is 0 Å². The fraction of sp³-hybridized carbons (Fsp3) is 0.250. The second-order valence-corrected chi connectivity index (χ2v) is 4.18. The molecule has 0 bridgehead atoms. The fourth-order valence-corrected chi connectivity index (χ4v) is 1.67. The highest BCUT2D eigenvalue weighted by molar-refractivity contribution is 5.99. The van der Waals surface area contributed by atoms with Gasteiger partial charge in [0, 0.05) is 0 Å². The topological polar surface area (TPSA) is 94.0 Å². The SMILES string of the molecule is Cc1noc(CNC(=O)c2cccc(C(F)(F)F)c2N)n1. The largest absolute Gasteiger partial charge is 0.418 e. The molecule has 21 heavy (non-hydrogen) atoms. The lowest BCUT2D eigenvalue weighted by Crippen LogP contribution is -2.25. The summed E-state index contributed by atoms with van der Waals surface area (Å²) in [5.74, 6) is -0.223. The maximum atomic E-state index is 12.7. The van der Waals surface area contributed by atoms with Crippen LogP contribution in [0.3, 0.4) is 0 Å². The van der Waals surface area contributed by atoms with Crippen LogP contribution in [-0.2, 0) is 12.7 Å². The molecule has 0 saturated carbocycles. The van der Waals surface area contributed by atoms with E-state index in [0.717, 1.165) is 12.1 Å². The van der Waals surface area contributed by atoms with Crippen LogP contribution in [0.2, 0.25) is 0 Å². The monoisotopic (exact) mass is 300 g/mol. The molecule has 112 valence electrons. The Hall–Kier alpha value is -2.58. The highest BCUT2D eigenvalue weighted by atomic mass is 19.4. The second-order valence-electron chi connectivity index (χ2n) is 4.18. The van der Waals surface area contributed by atoms with Gasteiger partial charge in [-0.25, -0.2) is 0 Å². The number of aromatic nitrogens is 2. The first-order valence-corrected chi connectivity index (χ1v) is 5.82. The van der Waals surface area contributed by atoms with E-state index in [-0.39, 0.29) is 18.0 Å². The summed E-state index contributed by atoms with van der Waals surface area (Å²) >= 11 is 0. The predicted octanol–water partition coefficient (Wildman–Crippen LogP) is 1.91. The van der Waals surface area contributed by atoms with Crippen LogP contribution in [0.1, 0.15) is 27.6 Å². The van der Waals surface area contributed by atoms with Crippen LogP contribution in [0, 0.1) is 6.92 Å². The number of alkyl halides is 3. The number of rotatable bonds is 3. The number of halogens is 3. The van der Waals surface area contributed by atoms with E-state index in [2.05, 4.69) is 15.5 Å². The van der Waals surface area contributed by atoms with E-state index in [4.69, 9.17) is 10.3 Å². The van der Waals surface area contributed by atoms with Gasteiger partial charge in [-0.1, -0.05) is 11.2 Å². The molecule has 0 spiro atoms. The lowest BCUT2D eigenvalue weighted by molar-refractivity contribution is -0.136. The lowest BCUT2D eigenvalue weighted by Gasteiger charge is -2.13. The van der Waals surface area contributed by atoms with E-state index in [1.54, 1.807) is 6.92 Å². The Morgan fingerprint density at radius 1 is 1.43 bits per heavy atom. The van der Waals surface area contributed by atoms with Crippen molar-refractivity contribution in [3.63, 3.8) is 0 Å². The summed E-state index contributed by atoms with van der Waals surface area (Å²) in [4.78, 5) is 15.7. The van der Waals surface area contributed by atoms with Crippen molar-refractivity contribution in [1.29, 1.82) is 0 Å². The molecule has 0 saturated heterocycles. The standard InChI is InChI=1S/C12H11F3N4O2/c1-6-18-9(21-19-6)5-17-11(20)7-3-2-4-8(10(7)16)12(13,14)15/h2-4H,5,16H2,1H3,(H,17,20). The number of amides is 1. The summed E-state index contributed by atoms with van der Waals surface area (Å²) in [6, 6.07) is 3.14. The zero-order chi connectivity index (χ0) is 15.6. The average molecular weight is 300 g/mol. The van der Waals surface area contributed by atoms with Crippen molar-refractivity contribution < 1.29 is 22.5 Å². The van der Waals surface area contributed by atoms with Crippen molar-refractivity contribution in [2.75, 3.05) is 5.73 Å². The number of carbonyl (C=O) groups is 1. The first-order valence-electron chi connectivity index (χ1n) is 5.82. The number of nitrogens with two attached hydrogens (primary N) is 1. The van der Waals surface area contributed by atoms with Gasteiger partial charge in [-0.05, 0) is 19.1 Å². The molecule has 1 aromatic carbocycles. The van der Waals surface area contributed by atoms with E-state index < -0.39 is 23.3 Å². The van der Waals surface area contributed by atoms with Crippen molar-refractivity contribution in [1.82, 2.24) is 15.5 Å². The van der Waals surface area contributed by atoms with Crippen LogP contribution < -0.4 is 11.1 Å². The Balaban J connectivity index is 2.16. The summed E-state index contributed by atoms with van der Waals surface area (Å²) in [5, 5.41) is 5.89. The van der Waals surface area contributed by atoms with Gasteiger partial charge < -0.3 is 15.6 Å². The van der Waals surface area contributed by atoms with Crippen LogP contribution in [-0.4, -0.2) is 16.0 Å². The Bertz CT molecular complexity index is 667. The Kier molecular flexibility index (Phi) is 3.83. The summed E-state index contributed by atoms with van der Waals surface area (Å²) in [5.41, 5.74) is 3.48. The predicted molar refractivity (Wildman–Crippen MR) is 66.1 cm³/mol. The van der Waals surface area contributed by atoms with E-state index in [0.29, 0.717) is 5.82 Å². The Morgan fingerprint density at radius 3 is 2.71 bits per heavy atom. The third-order valence-corrected chi connectivity index (χ3v) is 2.63. The minimum absolute atomic E-state index is 0.102. The Labute approximate surface area is 117 Å². The van der Waals surface area contributed by atoms with Crippen molar-refractivity contribution in [3.8, 4) is 0 Å². The van der Waals surface area contributed by atoms with Gasteiger partial charge in [-0.2, -0.15) is 18.2 Å². The molecule has 0 aliphatic heterocycles. The maximum absolute atomic E-state index is 12.7. The third-order valence-electron chi connectivity index (χ3n) is 2.63. The number of benzene rings is 1. The van der Waals surface area contributed by atoms with Gasteiger partial charge in [-0.15, -0.1) is 0 Å². The van der Waals surface area contributed by atoms with Gasteiger partial charge in [0.25, 0.3) is 5.91 Å². The summed E-state index contributed by atoms with van der Waals surface area (Å²) < 4.78 is 42.9. The van der Waals surface area contributed by atoms with Gasteiger partial charge in [0.05, 0.1) is 23.4 Å². The first-order chi connectivity index (χ1) is 9.79. The number of aryl methyl sites for hydroxylation is 1. The smallest absolute Gasteiger partial charge is 0.398 e. The molecular formula is C12H11F3N4O2. The zero-order valence-corrected chi connectivity index (χ0v) is 10.9. The maximum Gasteiger partial charge on any atom is 0.418 e.